The Morgan fingerprint density at radius 2 is 1.88 bits per heavy atom. The predicted molar refractivity (Wildman–Crippen MR) is 116 cm³/mol. The Bertz CT molecular complexity index is 1320. The van der Waals surface area contributed by atoms with Gasteiger partial charge in [-0.3, -0.25) is 14.6 Å². The summed E-state index contributed by atoms with van der Waals surface area (Å²) in [6.45, 7) is -0.498. The average Bonchev–Trinajstić information content (AvgIpc) is 3.49. The van der Waals surface area contributed by atoms with Crippen molar-refractivity contribution in [2.45, 2.75) is 30.7 Å². The van der Waals surface area contributed by atoms with Crippen molar-refractivity contribution >= 4 is 22.7 Å². The van der Waals surface area contributed by atoms with Crippen LogP contribution in [0.25, 0.3) is 22.0 Å². The Labute approximate surface area is 183 Å². The number of nitrogens with zero attached hydrogens (tertiary/aromatic N) is 3. The molecule has 2 aliphatic heterocycles. The molecule has 6 rings (SSSR count). The van der Waals surface area contributed by atoms with E-state index >= 15 is 0 Å². The summed E-state index contributed by atoms with van der Waals surface area (Å²) in [5.41, 5.74) is 4.59. The first-order chi connectivity index (χ1) is 15.3. The van der Waals surface area contributed by atoms with E-state index in [1.165, 1.54) is 11.1 Å². The third-order valence-electron chi connectivity index (χ3n) is 7.15. The van der Waals surface area contributed by atoms with E-state index in [4.69, 9.17) is 0 Å². The first kappa shape index (κ1) is 19.3. The molecule has 7 heteroatoms. The number of rotatable bonds is 2. The van der Waals surface area contributed by atoms with Gasteiger partial charge in [0, 0.05) is 42.7 Å². The van der Waals surface area contributed by atoms with Gasteiger partial charge < -0.3 is 9.80 Å². The third kappa shape index (κ3) is 2.70. The molecule has 3 aromatic rings. The maximum atomic E-state index is 13.5. The van der Waals surface area contributed by atoms with Crippen molar-refractivity contribution in [1.29, 1.82) is 0 Å². The van der Waals surface area contributed by atoms with Crippen LogP contribution in [0.5, 0.6) is 0 Å². The van der Waals surface area contributed by atoms with Crippen LogP contribution in [-0.2, 0) is 5.54 Å². The first-order valence-electron chi connectivity index (χ1n) is 10.8. The number of carbonyl (C=O) groups is 2. The Morgan fingerprint density at radius 3 is 2.59 bits per heavy atom. The molecule has 3 heterocycles. The molecule has 1 aromatic heterocycles. The summed E-state index contributed by atoms with van der Waals surface area (Å²) < 4.78 is 27.1. The monoisotopic (exact) mass is 433 g/mol. The summed E-state index contributed by atoms with van der Waals surface area (Å²) in [5.74, 6) is -3.18. The molecule has 1 saturated heterocycles. The Kier molecular flexibility index (Phi) is 3.83. The lowest BCUT2D eigenvalue weighted by Crippen LogP contribution is -2.31. The van der Waals surface area contributed by atoms with Crippen molar-refractivity contribution in [2.24, 2.45) is 0 Å². The summed E-state index contributed by atoms with van der Waals surface area (Å²) in [5, 5.41) is 0.772. The van der Waals surface area contributed by atoms with Crippen molar-refractivity contribution in [3.8, 4) is 11.1 Å². The second kappa shape index (κ2) is 6.34. The minimum atomic E-state index is -2.82. The number of benzene rings is 2. The van der Waals surface area contributed by atoms with Gasteiger partial charge in [-0.15, -0.1) is 0 Å². The SMILES string of the molecule is CN1C(=O)c2ccc(-c3cccc4cc(C(=O)N5CCC(F)(F)C5)cnc34)cc2C12CC2. The first-order valence-corrected chi connectivity index (χ1v) is 10.8. The molecule has 5 nitrogen and oxygen atoms in total. The van der Waals surface area contributed by atoms with Crippen LogP contribution in [0.15, 0.2) is 48.7 Å². The lowest BCUT2D eigenvalue weighted by molar-refractivity contribution is 0.0120. The zero-order valence-electron chi connectivity index (χ0n) is 17.6. The summed E-state index contributed by atoms with van der Waals surface area (Å²) in [4.78, 5) is 32.9. The molecular weight excluding hydrogens is 412 g/mol. The number of hydrogen-bond donors (Lipinski definition) is 0. The highest BCUT2D eigenvalue weighted by atomic mass is 19.3. The topological polar surface area (TPSA) is 53.5 Å². The fourth-order valence-electron chi connectivity index (χ4n) is 5.16. The fraction of sp³-hybridized carbons (Fsp3) is 0.320. The van der Waals surface area contributed by atoms with Crippen LogP contribution >= 0.6 is 0 Å². The highest BCUT2D eigenvalue weighted by Gasteiger charge is 2.56. The normalized spacial score (nSPS) is 20.3. The quantitative estimate of drug-likeness (QED) is 0.600. The van der Waals surface area contributed by atoms with Crippen molar-refractivity contribution in [1.82, 2.24) is 14.8 Å². The number of hydrogen-bond acceptors (Lipinski definition) is 3. The van der Waals surface area contributed by atoms with Crippen molar-refractivity contribution < 1.29 is 18.4 Å². The molecule has 0 N–H and O–H groups in total. The summed E-state index contributed by atoms with van der Waals surface area (Å²) >= 11 is 0. The van der Waals surface area contributed by atoms with Gasteiger partial charge in [-0.05, 0) is 42.2 Å². The second-order valence-corrected chi connectivity index (χ2v) is 9.09. The Balaban J connectivity index is 1.39. The molecule has 0 radical (unpaired) electrons. The summed E-state index contributed by atoms with van der Waals surface area (Å²) in [6, 6.07) is 13.4. The molecule has 0 bridgehead atoms. The van der Waals surface area contributed by atoms with E-state index in [9.17, 15) is 18.4 Å². The minimum Gasteiger partial charge on any atom is -0.332 e. The minimum absolute atomic E-state index is 0.0496. The maximum Gasteiger partial charge on any atom is 0.267 e. The molecule has 1 saturated carbocycles. The van der Waals surface area contributed by atoms with Gasteiger partial charge >= 0.3 is 0 Å². The third-order valence-corrected chi connectivity index (χ3v) is 7.15. The molecule has 32 heavy (non-hydrogen) atoms. The number of para-hydroxylation sites is 1. The van der Waals surface area contributed by atoms with Crippen LogP contribution < -0.4 is 0 Å². The molecule has 2 amide bonds. The van der Waals surface area contributed by atoms with Crippen molar-refractivity contribution in [3.05, 3.63) is 65.4 Å². The second-order valence-electron chi connectivity index (χ2n) is 9.09. The van der Waals surface area contributed by atoms with E-state index in [0.29, 0.717) is 5.56 Å². The van der Waals surface area contributed by atoms with E-state index in [1.54, 1.807) is 6.07 Å². The van der Waals surface area contributed by atoms with Crippen LogP contribution in [0.2, 0.25) is 0 Å². The van der Waals surface area contributed by atoms with E-state index < -0.39 is 18.4 Å². The van der Waals surface area contributed by atoms with E-state index in [-0.39, 0.29) is 24.4 Å². The van der Waals surface area contributed by atoms with E-state index in [1.807, 2.05) is 42.3 Å². The molecule has 2 aromatic carbocycles. The molecule has 1 aliphatic carbocycles. The van der Waals surface area contributed by atoms with Crippen LogP contribution in [0.3, 0.4) is 0 Å². The predicted octanol–water partition coefficient (Wildman–Crippen LogP) is 4.46. The number of aromatic nitrogens is 1. The number of carbonyl (C=O) groups excluding carboxylic acids is 2. The molecular formula is C25H21F2N3O2. The highest BCUT2D eigenvalue weighted by Crippen LogP contribution is 2.56. The van der Waals surface area contributed by atoms with Gasteiger partial charge in [0.05, 0.1) is 23.2 Å². The van der Waals surface area contributed by atoms with Gasteiger partial charge in [-0.2, -0.15) is 0 Å². The average molecular weight is 433 g/mol. The molecule has 1 spiro atoms. The van der Waals surface area contributed by atoms with Crippen LogP contribution in [-0.4, -0.2) is 52.7 Å². The standard InChI is InChI=1S/C25H21F2N3O2/c1-29-23(32)19-6-5-15(12-20(19)24(29)7-8-24)18-4-2-3-16-11-17(13-28-21(16)18)22(31)30-10-9-25(26,27)14-30/h2-6,11-13H,7-10,14H2,1H3. The van der Waals surface area contributed by atoms with E-state index in [2.05, 4.69) is 11.1 Å². The Hall–Kier alpha value is -3.35. The number of amides is 2. The lowest BCUT2D eigenvalue weighted by Gasteiger charge is -2.19. The fourth-order valence-corrected chi connectivity index (χ4v) is 5.16. The van der Waals surface area contributed by atoms with Crippen molar-refractivity contribution in [3.63, 3.8) is 0 Å². The van der Waals surface area contributed by atoms with Gasteiger partial charge in [-0.25, -0.2) is 8.78 Å². The lowest BCUT2D eigenvalue weighted by atomic mass is 9.95. The molecule has 0 unspecified atom stereocenters. The Morgan fingerprint density at radius 1 is 1.06 bits per heavy atom. The van der Waals surface area contributed by atoms with Crippen LogP contribution in [0.4, 0.5) is 8.78 Å². The largest absolute Gasteiger partial charge is 0.332 e. The number of fused-ring (bicyclic) bond motifs is 3. The van der Waals surface area contributed by atoms with Crippen molar-refractivity contribution in [2.75, 3.05) is 20.1 Å². The van der Waals surface area contributed by atoms with Crippen LogP contribution in [0.1, 0.15) is 45.5 Å². The summed E-state index contributed by atoms with van der Waals surface area (Å²) in [7, 11) is 1.86. The highest BCUT2D eigenvalue weighted by molar-refractivity contribution is 6.03. The summed E-state index contributed by atoms with van der Waals surface area (Å²) in [6.07, 6.45) is 3.11. The molecule has 0 atom stereocenters. The number of alkyl halides is 2. The molecule has 3 aliphatic rings. The number of halogens is 2. The number of pyridine rings is 1. The number of likely N-dealkylation sites (tertiary alicyclic amines) is 1. The smallest absolute Gasteiger partial charge is 0.267 e. The zero-order chi connectivity index (χ0) is 22.3. The van der Waals surface area contributed by atoms with Gasteiger partial charge in [-0.1, -0.05) is 24.3 Å². The molecule has 162 valence electrons. The van der Waals surface area contributed by atoms with E-state index in [0.717, 1.165) is 46.0 Å². The van der Waals surface area contributed by atoms with Gasteiger partial charge in [0.1, 0.15) is 0 Å². The van der Waals surface area contributed by atoms with Gasteiger partial charge in [0.15, 0.2) is 0 Å². The zero-order valence-corrected chi connectivity index (χ0v) is 17.6. The van der Waals surface area contributed by atoms with Gasteiger partial charge in [0.25, 0.3) is 17.7 Å². The molecule has 2 fully saturated rings. The maximum absolute atomic E-state index is 13.5. The van der Waals surface area contributed by atoms with Crippen LogP contribution in [0, 0.1) is 0 Å². The van der Waals surface area contributed by atoms with Gasteiger partial charge in [0.2, 0.25) is 0 Å².